The van der Waals surface area contributed by atoms with Gasteiger partial charge in [-0.1, -0.05) is 13.3 Å². The molecule has 1 saturated heterocycles. The van der Waals surface area contributed by atoms with Crippen LogP contribution in [0.3, 0.4) is 0 Å². The Morgan fingerprint density at radius 1 is 1.24 bits per heavy atom. The van der Waals surface area contributed by atoms with Crippen molar-refractivity contribution in [2.45, 2.75) is 39.2 Å². The van der Waals surface area contributed by atoms with Gasteiger partial charge in [0.2, 0.25) is 5.91 Å². The highest BCUT2D eigenvalue weighted by molar-refractivity contribution is 5.78. The quantitative estimate of drug-likeness (QED) is 0.724. The number of rotatable bonds is 6. The van der Waals surface area contributed by atoms with Crippen molar-refractivity contribution in [1.82, 2.24) is 15.5 Å². The molecule has 0 bridgehead atoms. The number of carbonyl (C=O) groups is 1. The minimum atomic E-state index is 0.0452. The molecule has 100 valence electrons. The van der Waals surface area contributed by atoms with Crippen LogP contribution in [0.15, 0.2) is 0 Å². The molecule has 17 heavy (non-hydrogen) atoms. The van der Waals surface area contributed by atoms with Gasteiger partial charge in [-0.05, 0) is 39.9 Å². The SMILES string of the molecule is CNCC(C)C(=O)NC(C)CN1CCCCC1. The van der Waals surface area contributed by atoms with E-state index in [1.54, 1.807) is 0 Å². The third-order valence-electron chi connectivity index (χ3n) is 3.33. The molecule has 0 aromatic carbocycles. The van der Waals surface area contributed by atoms with Crippen LogP contribution >= 0.6 is 0 Å². The van der Waals surface area contributed by atoms with Crippen molar-refractivity contribution >= 4 is 5.91 Å². The predicted molar refractivity (Wildman–Crippen MR) is 71.0 cm³/mol. The predicted octanol–water partition coefficient (Wildman–Crippen LogP) is 0.833. The average molecular weight is 241 g/mol. The Hall–Kier alpha value is -0.610. The van der Waals surface area contributed by atoms with Crippen molar-refractivity contribution in [2.24, 2.45) is 5.92 Å². The lowest BCUT2D eigenvalue weighted by atomic mass is 10.1. The molecule has 4 nitrogen and oxygen atoms in total. The first-order valence-corrected chi connectivity index (χ1v) is 6.80. The summed E-state index contributed by atoms with van der Waals surface area (Å²) in [6, 6.07) is 0.250. The Kier molecular flexibility index (Phi) is 6.52. The summed E-state index contributed by atoms with van der Waals surface area (Å²) in [6.45, 7) is 8.15. The largest absolute Gasteiger partial charge is 0.352 e. The Labute approximate surface area is 105 Å². The van der Waals surface area contributed by atoms with Crippen LogP contribution in [0.25, 0.3) is 0 Å². The van der Waals surface area contributed by atoms with Crippen molar-refractivity contribution < 1.29 is 4.79 Å². The number of likely N-dealkylation sites (tertiary alicyclic amines) is 1. The molecule has 2 unspecified atom stereocenters. The zero-order valence-electron chi connectivity index (χ0n) is 11.5. The van der Waals surface area contributed by atoms with Crippen LogP contribution in [0.4, 0.5) is 0 Å². The van der Waals surface area contributed by atoms with Gasteiger partial charge in [-0.15, -0.1) is 0 Å². The van der Waals surface area contributed by atoms with E-state index in [9.17, 15) is 4.79 Å². The number of nitrogens with zero attached hydrogens (tertiary/aromatic N) is 1. The summed E-state index contributed by atoms with van der Waals surface area (Å²) in [5.41, 5.74) is 0. The van der Waals surface area contributed by atoms with E-state index < -0.39 is 0 Å². The molecule has 1 aliphatic rings. The summed E-state index contributed by atoms with van der Waals surface area (Å²) in [5.74, 6) is 0.202. The zero-order valence-corrected chi connectivity index (χ0v) is 11.5. The van der Waals surface area contributed by atoms with Crippen molar-refractivity contribution in [2.75, 3.05) is 33.2 Å². The van der Waals surface area contributed by atoms with Crippen molar-refractivity contribution in [3.63, 3.8) is 0 Å². The molecule has 0 aromatic heterocycles. The summed E-state index contributed by atoms with van der Waals surface area (Å²) in [5, 5.41) is 6.12. The van der Waals surface area contributed by atoms with E-state index in [-0.39, 0.29) is 17.9 Å². The third-order valence-corrected chi connectivity index (χ3v) is 3.33. The Bertz CT molecular complexity index is 227. The summed E-state index contributed by atoms with van der Waals surface area (Å²) < 4.78 is 0. The van der Waals surface area contributed by atoms with Gasteiger partial charge in [0, 0.05) is 25.0 Å². The summed E-state index contributed by atoms with van der Waals surface area (Å²) in [4.78, 5) is 14.3. The van der Waals surface area contributed by atoms with Crippen LogP contribution in [0.2, 0.25) is 0 Å². The molecule has 1 rings (SSSR count). The van der Waals surface area contributed by atoms with Crippen LogP contribution in [0, 0.1) is 5.92 Å². The Balaban J connectivity index is 2.23. The van der Waals surface area contributed by atoms with Crippen LogP contribution in [-0.2, 0) is 4.79 Å². The van der Waals surface area contributed by atoms with E-state index in [0.29, 0.717) is 0 Å². The molecule has 4 heteroatoms. The van der Waals surface area contributed by atoms with Gasteiger partial charge >= 0.3 is 0 Å². The summed E-state index contributed by atoms with van der Waals surface area (Å²) in [7, 11) is 1.88. The number of hydrogen-bond acceptors (Lipinski definition) is 3. The van der Waals surface area contributed by atoms with E-state index in [1.165, 1.54) is 32.4 Å². The van der Waals surface area contributed by atoms with Gasteiger partial charge in [-0.25, -0.2) is 0 Å². The van der Waals surface area contributed by atoms with Crippen molar-refractivity contribution in [1.29, 1.82) is 0 Å². The fourth-order valence-electron chi connectivity index (χ4n) is 2.36. The molecule has 0 saturated carbocycles. The number of amides is 1. The second-order valence-corrected chi connectivity index (χ2v) is 5.23. The van der Waals surface area contributed by atoms with E-state index >= 15 is 0 Å². The molecule has 1 amide bonds. The minimum Gasteiger partial charge on any atom is -0.352 e. The first-order chi connectivity index (χ1) is 8.13. The third kappa shape index (κ3) is 5.50. The van der Waals surface area contributed by atoms with Gasteiger partial charge in [0.05, 0.1) is 0 Å². The molecule has 0 aliphatic carbocycles. The van der Waals surface area contributed by atoms with E-state index in [4.69, 9.17) is 0 Å². The number of hydrogen-bond donors (Lipinski definition) is 2. The van der Waals surface area contributed by atoms with Gasteiger partial charge in [0.15, 0.2) is 0 Å². The van der Waals surface area contributed by atoms with Gasteiger partial charge < -0.3 is 15.5 Å². The van der Waals surface area contributed by atoms with Gasteiger partial charge in [0.1, 0.15) is 0 Å². The first kappa shape index (κ1) is 14.5. The molecule has 1 fully saturated rings. The minimum absolute atomic E-state index is 0.0452. The maximum absolute atomic E-state index is 11.8. The molecular weight excluding hydrogens is 214 g/mol. The van der Waals surface area contributed by atoms with Crippen LogP contribution < -0.4 is 10.6 Å². The van der Waals surface area contributed by atoms with E-state index in [0.717, 1.165) is 13.1 Å². The zero-order chi connectivity index (χ0) is 12.7. The molecule has 1 heterocycles. The monoisotopic (exact) mass is 241 g/mol. The van der Waals surface area contributed by atoms with Gasteiger partial charge in [-0.2, -0.15) is 0 Å². The smallest absolute Gasteiger partial charge is 0.224 e. The topological polar surface area (TPSA) is 44.4 Å². The number of carbonyl (C=O) groups excluding carboxylic acids is 1. The maximum Gasteiger partial charge on any atom is 0.224 e. The molecule has 0 aromatic rings. The molecule has 2 atom stereocenters. The fourth-order valence-corrected chi connectivity index (χ4v) is 2.36. The van der Waals surface area contributed by atoms with Gasteiger partial charge in [-0.3, -0.25) is 4.79 Å². The van der Waals surface area contributed by atoms with Crippen LogP contribution in [0.1, 0.15) is 33.1 Å². The average Bonchev–Trinajstić information content (AvgIpc) is 2.30. The molecule has 1 aliphatic heterocycles. The lowest BCUT2D eigenvalue weighted by Crippen LogP contribution is -2.46. The van der Waals surface area contributed by atoms with Crippen molar-refractivity contribution in [3.05, 3.63) is 0 Å². The lowest BCUT2D eigenvalue weighted by Gasteiger charge is -2.29. The number of piperidine rings is 1. The highest BCUT2D eigenvalue weighted by Crippen LogP contribution is 2.08. The summed E-state index contributed by atoms with van der Waals surface area (Å²) >= 11 is 0. The lowest BCUT2D eigenvalue weighted by molar-refractivity contribution is -0.125. The standard InChI is InChI=1S/C13H27N3O/c1-11(9-14-3)13(17)15-12(2)10-16-7-5-4-6-8-16/h11-12,14H,4-10H2,1-3H3,(H,15,17). The van der Waals surface area contributed by atoms with Crippen LogP contribution in [0.5, 0.6) is 0 Å². The first-order valence-electron chi connectivity index (χ1n) is 6.80. The van der Waals surface area contributed by atoms with Gasteiger partial charge in [0.25, 0.3) is 0 Å². The van der Waals surface area contributed by atoms with E-state index in [2.05, 4.69) is 22.5 Å². The number of nitrogens with one attached hydrogen (secondary N) is 2. The molecule has 2 N–H and O–H groups in total. The normalized spacial score (nSPS) is 20.9. The molecular formula is C13H27N3O. The molecule has 0 spiro atoms. The Morgan fingerprint density at radius 3 is 2.47 bits per heavy atom. The fraction of sp³-hybridized carbons (Fsp3) is 0.923. The van der Waals surface area contributed by atoms with Crippen molar-refractivity contribution in [3.8, 4) is 0 Å². The summed E-state index contributed by atoms with van der Waals surface area (Å²) in [6.07, 6.45) is 3.96. The molecule has 0 radical (unpaired) electrons. The second-order valence-electron chi connectivity index (χ2n) is 5.23. The highest BCUT2D eigenvalue weighted by atomic mass is 16.1. The maximum atomic E-state index is 11.8. The van der Waals surface area contributed by atoms with Crippen LogP contribution in [-0.4, -0.2) is 50.1 Å². The Morgan fingerprint density at radius 2 is 1.88 bits per heavy atom. The highest BCUT2D eigenvalue weighted by Gasteiger charge is 2.17. The second kappa shape index (κ2) is 7.67. The van der Waals surface area contributed by atoms with E-state index in [1.807, 2.05) is 14.0 Å².